The molecule has 0 bridgehead atoms. The molecule has 1 rings (SSSR count). The molecule has 2 N–H and O–H groups in total. The van der Waals surface area contributed by atoms with Crippen LogP contribution in [0.2, 0.25) is 0 Å². The van der Waals surface area contributed by atoms with Crippen molar-refractivity contribution in [3.8, 4) is 0 Å². The summed E-state index contributed by atoms with van der Waals surface area (Å²) in [5, 5.41) is 3.87. The number of aromatic nitrogens is 3. The van der Waals surface area contributed by atoms with Crippen LogP contribution in [0.15, 0.2) is 6.33 Å². The topological polar surface area (TPSA) is 83.0 Å². The molecule has 0 saturated carbocycles. The summed E-state index contributed by atoms with van der Waals surface area (Å²) in [6.45, 7) is 2.08. The first kappa shape index (κ1) is 10.6. The van der Waals surface area contributed by atoms with E-state index < -0.39 is 12.0 Å². The van der Waals surface area contributed by atoms with Crippen molar-refractivity contribution in [2.75, 3.05) is 6.61 Å². The van der Waals surface area contributed by atoms with E-state index in [1.807, 2.05) is 0 Å². The molecule has 1 atom stereocenters. The number of carbonyl (C=O) groups is 1. The van der Waals surface area contributed by atoms with Crippen LogP contribution in [0.3, 0.4) is 0 Å². The molecule has 1 unspecified atom stereocenters. The number of carbonyl (C=O) groups excluding carboxylic acids is 1. The second-order valence-electron chi connectivity index (χ2n) is 2.86. The van der Waals surface area contributed by atoms with Crippen LogP contribution < -0.4 is 5.73 Å². The Morgan fingerprint density at radius 3 is 3.00 bits per heavy atom. The van der Waals surface area contributed by atoms with Crippen molar-refractivity contribution in [3.63, 3.8) is 0 Å². The minimum atomic E-state index is -0.669. The van der Waals surface area contributed by atoms with Crippen LogP contribution in [0.1, 0.15) is 12.7 Å². The van der Waals surface area contributed by atoms with Crippen molar-refractivity contribution >= 4 is 5.97 Å². The van der Waals surface area contributed by atoms with Gasteiger partial charge in [-0.1, -0.05) is 0 Å². The first-order valence-electron chi connectivity index (χ1n) is 4.40. The number of aryl methyl sites for hydroxylation is 1. The van der Waals surface area contributed by atoms with E-state index in [2.05, 4.69) is 10.1 Å². The highest BCUT2D eigenvalue weighted by Crippen LogP contribution is 1.97. The van der Waals surface area contributed by atoms with Crippen LogP contribution in [0.5, 0.6) is 0 Å². The normalized spacial score (nSPS) is 12.5. The van der Waals surface area contributed by atoms with Crippen molar-refractivity contribution < 1.29 is 9.53 Å². The molecule has 6 heteroatoms. The molecular weight excluding hydrogens is 184 g/mol. The zero-order chi connectivity index (χ0) is 10.6. The second-order valence-corrected chi connectivity index (χ2v) is 2.86. The van der Waals surface area contributed by atoms with Crippen molar-refractivity contribution in [1.29, 1.82) is 0 Å². The molecule has 0 aliphatic carbocycles. The van der Waals surface area contributed by atoms with Gasteiger partial charge in [0.05, 0.1) is 6.61 Å². The van der Waals surface area contributed by atoms with Crippen LogP contribution in [0.4, 0.5) is 0 Å². The van der Waals surface area contributed by atoms with Gasteiger partial charge in [0.25, 0.3) is 0 Å². The molecule has 6 nitrogen and oxygen atoms in total. The average molecular weight is 198 g/mol. The lowest BCUT2D eigenvalue weighted by molar-refractivity contribution is -0.144. The SMILES string of the molecule is CCOC(=O)C(N)Cc1ncnn1C. The highest BCUT2D eigenvalue weighted by molar-refractivity contribution is 5.75. The third kappa shape index (κ3) is 2.53. The summed E-state index contributed by atoms with van der Waals surface area (Å²) in [6, 6.07) is -0.669. The molecule has 0 amide bonds. The standard InChI is InChI=1S/C8H14N4O2/c1-3-14-8(13)6(9)4-7-10-5-11-12(7)2/h5-6H,3-4,9H2,1-2H3. The molecule has 0 fully saturated rings. The van der Waals surface area contributed by atoms with Gasteiger partial charge >= 0.3 is 5.97 Å². The van der Waals surface area contributed by atoms with E-state index in [1.54, 1.807) is 18.7 Å². The lowest BCUT2D eigenvalue weighted by Crippen LogP contribution is -2.35. The molecule has 0 saturated heterocycles. The Bertz CT molecular complexity index is 310. The molecule has 1 aromatic heterocycles. The summed E-state index contributed by atoms with van der Waals surface area (Å²) in [7, 11) is 1.75. The van der Waals surface area contributed by atoms with E-state index >= 15 is 0 Å². The van der Waals surface area contributed by atoms with Crippen molar-refractivity contribution in [2.24, 2.45) is 12.8 Å². The lowest BCUT2D eigenvalue weighted by atomic mass is 10.2. The molecule has 0 aliphatic heterocycles. The fourth-order valence-corrected chi connectivity index (χ4v) is 1.03. The van der Waals surface area contributed by atoms with Crippen LogP contribution in [0, 0.1) is 0 Å². The van der Waals surface area contributed by atoms with Crippen LogP contribution in [0.25, 0.3) is 0 Å². The Hall–Kier alpha value is -1.43. The Morgan fingerprint density at radius 1 is 1.79 bits per heavy atom. The zero-order valence-corrected chi connectivity index (χ0v) is 8.30. The summed E-state index contributed by atoms with van der Waals surface area (Å²) in [5.74, 6) is 0.265. The van der Waals surface area contributed by atoms with E-state index in [4.69, 9.17) is 10.5 Å². The molecule has 14 heavy (non-hydrogen) atoms. The van der Waals surface area contributed by atoms with Gasteiger partial charge in [-0.25, -0.2) is 4.98 Å². The highest BCUT2D eigenvalue weighted by Gasteiger charge is 2.17. The highest BCUT2D eigenvalue weighted by atomic mass is 16.5. The van der Waals surface area contributed by atoms with Gasteiger partial charge in [-0.3, -0.25) is 9.48 Å². The second kappa shape index (κ2) is 4.71. The summed E-state index contributed by atoms with van der Waals surface area (Å²) in [6.07, 6.45) is 1.77. The zero-order valence-electron chi connectivity index (χ0n) is 8.30. The lowest BCUT2D eigenvalue weighted by Gasteiger charge is -2.09. The average Bonchev–Trinajstić information content (AvgIpc) is 2.52. The molecular formula is C8H14N4O2. The summed E-state index contributed by atoms with van der Waals surface area (Å²) >= 11 is 0. The Morgan fingerprint density at radius 2 is 2.50 bits per heavy atom. The summed E-state index contributed by atoms with van der Waals surface area (Å²) in [5.41, 5.74) is 5.61. The van der Waals surface area contributed by atoms with E-state index in [-0.39, 0.29) is 0 Å². The molecule has 1 aromatic rings. The van der Waals surface area contributed by atoms with Crippen LogP contribution in [-0.4, -0.2) is 33.4 Å². The van der Waals surface area contributed by atoms with Gasteiger partial charge in [0.1, 0.15) is 18.2 Å². The van der Waals surface area contributed by atoms with Gasteiger partial charge in [-0.2, -0.15) is 5.10 Å². The number of esters is 1. The van der Waals surface area contributed by atoms with Crippen LogP contribution >= 0.6 is 0 Å². The minimum absolute atomic E-state index is 0.339. The maximum absolute atomic E-state index is 11.2. The van der Waals surface area contributed by atoms with Gasteiger partial charge in [0.2, 0.25) is 0 Å². The van der Waals surface area contributed by atoms with Crippen molar-refractivity contribution in [3.05, 3.63) is 12.2 Å². The monoisotopic (exact) mass is 198 g/mol. The number of nitrogens with two attached hydrogens (primary N) is 1. The third-order valence-electron chi connectivity index (χ3n) is 1.80. The Kier molecular flexibility index (Phi) is 3.58. The van der Waals surface area contributed by atoms with Crippen LogP contribution in [-0.2, 0) is 23.0 Å². The number of rotatable bonds is 4. The largest absolute Gasteiger partial charge is 0.465 e. The summed E-state index contributed by atoms with van der Waals surface area (Å²) in [4.78, 5) is 15.1. The van der Waals surface area contributed by atoms with E-state index in [0.717, 1.165) is 0 Å². The first-order valence-corrected chi connectivity index (χ1v) is 4.40. The van der Waals surface area contributed by atoms with Crippen molar-refractivity contribution in [2.45, 2.75) is 19.4 Å². The molecule has 0 aliphatic rings. The quantitative estimate of drug-likeness (QED) is 0.643. The fraction of sp³-hybridized carbons (Fsp3) is 0.625. The molecule has 0 radical (unpaired) electrons. The smallest absolute Gasteiger partial charge is 0.323 e. The maximum Gasteiger partial charge on any atom is 0.323 e. The van der Waals surface area contributed by atoms with Gasteiger partial charge in [-0.15, -0.1) is 0 Å². The van der Waals surface area contributed by atoms with Gasteiger partial charge in [0, 0.05) is 13.5 Å². The molecule has 0 spiro atoms. The number of hydrogen-bond donors (Lipinski definition) is 1. The molecule has 0 aromatic carbocycles. The number of ether oxygens (including phenoxy) is 1. The Labute approximate surface area is 82.1 Å². The molecule has 1 heterocycles. The maximum atomic E-state index is 11.2. The van der Waals surface area contributed by atoms with Gasteiger partial charge in [-0.05, 0) is 6.92 Å². The van der Waals surface area contributed by atoms with Gasteiger partial charge < -0.3 is 10.5 Å². The Balaban J connectivity index is 2.52. The van der Waals surface area contributed by atoms with E-state index in [9.17, 15) is 4.79 Å². The summed E-state index contributed by atoms with van der Waals surface area (Å²) < 4.78 is 6.35. The predicted molar refractivity (Wildman–Crippen MR) is 49.3 cm³/mol. The third-order valence-corrected chi connectivity index (χ3v) is 1.80. The minimum Gasteiger partial charge on any atom is -0.465 e. The predicted octanol–water partition coefficient (Wildman–Crippen LogP) is -0.752. The van der Waals surface area contributed by atoms with E-state index in [0.29, 0.717) is 18.9 Å². The number of nitrogens with zero attached hydrogens (tertiary/aromatic N) is 3. The number of hydrogen-bond acceptors (Lipinski definition) is 5. The fourth-order valence-electron chi connectivity index (χ4n) is 1.03. The first-order chi connectivity index (χ1) is 6.65. The van der Waals surface area contributed by atoms with Gasteiger partial charge in [0.15, 0.2) is 0 Å². The van der Waals surface area contributed by atoms with E-state index in [1.165, 1.54) is 6.33 Å². The molecule has 78 valence electrons. The van der Waals surface area contributed by atoms with Crippen molar-refractivity contribution in [1.82, 2.24) is 14.8 Å².